The van der Waals surface area contributed by atoms with Crippen LogP contribution in [0.15, 0.2) is 48.5 Å². The van der Waals surface area contributed by atoms with Crippen molar-refractivity contribution in [2.75, 3.05) is 0 Å². The molecule has 1 heterocycles. The summed E-state index contributed by atoms with van der Waals surface area (Å²) >= 11 is 6.00. The largest absolute Gasteiger partial charge is 0.342 e. The molecule has 26 heavy (non-hydrogen) atoms. The van der Waals surface area contributed by atoms with E-state index in [-0.39, 0.29) is 11.9 Å². The Morgan fingerprint density at radius 2 is 1.96 bits per heavy atom. The zero-order chi connectivity index (χ0) is 18.7. The fraction of sp³-hybridized carbons (Fsp3) is 0.333. The average Bonchev–Trinajstić information content (AvgIpc) is 3.00. The summed E-state index contributed by atoms with van der Waals surface area (Å²) in [6.07, 6.45) is 1.09. The third kappa shape index (κ3) is 3.91. The van der Waals surface area contributed by atoms with Gasteiger partial charge in [-0.3, -0.25) is 4.79 Å². The highest BCUT2D eigenvalue weighted by molar-refractivity contribution is 6.30. The molecule has 0 saturated carbocycles. The van der Waals surface area contributed by atoms with Gasteiger partial charge in [-0.05, 0) is 43.2 Å². The van der Waals surface area contributed by atoms with Crippen molar-refractivity contribution in [1.82, 2.24) is 14.9 Å². The third-order valence-electron chi connectivity index (χ3n) is 4.70. The minimum atomic E-state index is -0.210. The topological polar surface area (TPSA) is 46.9 Å². The van der Waals surface area contributed by atoms with Gasteiger partial charge in [-0.25, -0.2) is 4.98 Å². The number of benzene rings is 2. The van der Waals surface area contributed by atoms with Crippen molar-refractivity contribution in [3.8, 4) is 0 Å². The lowest BCUT2D eigenvalue weighted by atomic mass is 10.1. The number of carbonyl (C=O) groups is 1. The van der Waals surface area contributed by atoms with Gasteiger partial charge >= 0.3 is 0 Å². The lowest BCUT2D eigenvalue weighted by Crippen LogP contribution is -2.29. The molecule has 2 unspecified atom stereocenters. The van der Waals surface area contributed by atoms with E-state index in [9.17, 15) is 4.79 Å². The molecule has 1 N–H and O–H groups in total. The van der Waals surface area contributed by atoms with Gasteiger partial charge in [-0.15, -0.1) is 0 Å². The van der Waals surface area contributed by atoms with Gasteiger partial charge in [-0.2, -0.15) is 0 Å². The van der Waals surface area contributed by atoms with Crippen molar-refractivity contribution in [2.24, 2.45) is 5.92 Å². The summed E-state index contributed by atoms with van der Waals surface area (Å²) in [5, 5.41) is 3.60. The van der Waals surface area contributed by atoms with E-state index in [1.54, 1.807) is 24.3 Å². The van der Waals surface area contributed by atoms with Gasteiger partial charge in [0.1, 0.15) is 5.82 Å². The number of hydrogen-bond acceptors (Lipinski definition) is 2. The van der Waals surface area contributed by atoms with Gasteiger partial charge in [0.05, 0.1) is 17.1 Å². The zero-order valence-corrected chi connectivity index (χ0v) is 16.1. The molecule has 2 atom stereocenters. The first-order chi connectivity index (χ1) is 12.5. The molecule has 0 aliphatic carbocycles. The lowest BCUT2D eigenvalue weighted by Gasteiger charge is -2.18. The minimum Gasteiger partial charge on any atom is -0.342 e. The highest BCUT2D eigenvalue weighted by atomic mass is 35.5. The predicted molar refractivity (Wildman–Crippen MR) is 107 cm³/mol. The fourth-order valence-corrected chi connectivity index (χ4v) is 3.22. The van der Waals surface area contributed by atoms with Crippen LogP contribution in [0, 0.1) is 5.92 Å². The van der Waals surface area contributed by atoms with Crippen molar-refractivity contribution in [3.63, 3.8) is 0 Å². The summed E-state index contributed by atoms with van der Waals surface area (Å²) in [4.78, 5) is 17.4. The molecule has 0 spiro atoms. The molecule has 1 amide bonds. The first-order valence-corrected chi connectivity index (χ1v) is 9.39. The first kappa shape index (κ1) is 18.5. The van der Waals surface area contributed by atoms with Crippen molar-refractivity contribution in [1.29, 1.82) is 0 Å². The number of nitrogens with one attached hydrogen (secondary N) is 1. The molecule has 1 aromatic heterocycles. The number of rotatable bonds is 6. The minimum absolute atomic E-state index is 0.151. The monoisotopic (exact) mass is 369 g/mol. The number of halogens is 1. The highest BCUT2D eigenvalue weighted by Gasteiger charge is 2.20. The molecule has 0 aliphatic heterocycles. The van der Waals surface area contributed by atoms with E-state index < -0.39 is 0 Å². The Morgan fingerprint density at radius 3 is 2.69 bits per heavy atom. The molecule has 136 valence electrons. The van der Waals surface area contributed by atoms with Crippen LogP contribution in [0.1, 0.15) is 49.4 Å². The number of aromatic nitrogens is 2. The van der Waals surface area contributed by atoms with Crippen molar-refractivity contribution >= 4 is 28.5 Å². The number of amides is 1. The van der Waals surface area contributed by atoms with Gasteiger partial charge in [0.25, 0.3) is 5.91 Å². The second-order valence-electron chi connectivity index (χ2n) is 6.79. The Morgan fingerprint density at radius 1 is 1.19 bits per heavy atom. The number of imidazole rings is 1. The van der Waals surface area contributed by atoms with Gasteiger partial charge in [-0.1, -0.05) is 50.1 Å². The molecule has 3 aromatic rings. The van der Waals surface area contributed by atoms with E-state index >= 15 is 0 Å². The summed E-state index contributed by atoms with van der Waals surface area (Å²) in [5.74, 6) is 1.26. The van der Waals surface area contributed by atoms with Crippen LogP contribution in [-0.4, -0.2) is 15.5 Å². The summed E-state index contributed by atoms with van der Waals surface area (Å²) in [6, 6.07) is 14.9. The third-order valence-corrected chi connectivity index (χ3v) is 4.93. The lowest BCUT2D eigenvalue weighted by molar-refractivity contribution is 0.0937. The highest BCUT2D eigenvalue weighted by Crippen LogP contribution is 2.23. The smallest absolute Gasteiger partial charge is 0.251 e. The summed E-state index contributed by atoms with van der Waals surface area (Å²) in [7, 11) is 0. The van der Waals surface area contributed by atoms with E-state index in [0.29, 0.717) is 16.5 Å². The molecule has 0 aliphatic rings. The summed E-state index contributed by atoms with van der Waals surface area (Å²) in [6.45, 7) is 7.27. The standard InChI is InChI=1S/C21H24ClN3O/c1-4-14(2)13-25-19-11-6-5-10-18(19)24-20(25)15(3)23-21(26)16-8-7-9-17(22)12-16/h5-12,14-15H,4,13H2,1-3H3,(H,23,26). The van der Waals surface area contributed by atoms with Gasteiger partial charge in [0.15, 0.2) is 0 Å². The Labute approximate surface area is 159 Å². The fourth-order valence-electron chi connectivity index (χ4n) is 3.03. The predicted octanol–water partition coefficient (Wildman–Crippen LogP) is 5.23. The van der Waals surface area contributed by atoms with Crippen LogP contribution in [0.5, 0.6) is 0 Å². The van der Waals surface area contributed by atoms with Crippen LogP contribution >= 0.6 is 11.6 Å². The maximum Gasteiger partial charge on any atom is 0.251 e. The Bertz CT molecular complexity index is 919. The van der Waals surface area contributed by atoms with E-state index in [2.05, 4.69) is 29.8 Å². The Hall–Kier alpha value is -2.33. The number of fused-ring (bicyclic) bond motifs is 1. The van der Waals surface area contributed by atoms with Gasteiger partial charge in [0, 0.05) is 17.1 Å². The SMILES string of the molecule is CCC(C)Cn1c(C(C)NC(=O)c2cccc(Cl)c2)nc2ccccc21. The van der Waals surface area contributed by atoms with Crippen molar-refractivity contribution in [2.45, 2.75) is 39.8 Å². The van der Waals surface area contributed by atoms with Crippen LogP contribution in [0.4, 0.5) is 0 Å². The molecule has 5 heteroatoms. The molecule has 0 bridgehead atoms. The van der Waals surface area contributed by atoms with Crippen LogP contribution in [0.3, 0.4) is 0 Å². The first-order valence-electron chi connectivity index (χ1n) is 9.01. The van der Waals surface area contributed by atoms with Crippen molar-refractivity contribution in [3.05, 3.63) is 64.9 Å². The van der Waals surface area contributed by atoms with E-state index in [4.69, 9.17) is 16.6 Å². The molecular weight excluding hydrogens is 346 g/mol. The van der Waals surface area contributed by atoms with E-state index in [0.717, 1.165) is 29.8 Å². The Kier molecular flexibility index (Phi) is 5.62. The summed E-state index contributed by atoms with van der Waals surface area (Å²) < 4.78 is 2.23. The van der Waals surface area contributed by atoms with Crippen molar-refractivity contribution < 1.29 is 4.79 Å². The maximum atomic E-state index is 12.6. The zero-order valence-electron chi connectivity index (χ0n) is 15.4. The second-order valence-corrected chi connectivity index (χ2v) is 7.22. The Balaban J connectivity index is 1.90. The maximum absolute atomic E-state index is 12.6. The number of carbonyl (C=O) groups excluding carboxylic acids is 1. The molecule has 4 nitrogen and oxygen atoms in total. The van der Waals surface area contributed by atoms with E-state index in [1.165, 1.54) is 0 Å². The molecular formula is C21H24ClN3O. The molecule has 0 radical (unpaired) electrons. The molecule has 2 aromatic carbocycles. The second kappa shape index (κ2) is 7.92. The average molecular weight is 370 g/mol. The normalized spacial score (nSPS) is 13.5. The summed E-state index contributed by atoms with van der Waals surface area (Å²) in [5.41, 5.74) is 2.61. The quantitative estimate of drug-likeness (QED) is 0.646. The molecule has 0 fully saturated rings. The number of hydrogen-bond donors (Lipinski definition) is 1. The number of nitrogens with zero attached hydrogens (tertiary/aromatic N) is 2. The van der Waals surface area contributed by atoms with Gasteiger partial charge in [0.2, 0.25) is 0 Å². The molecule has 0 saturated heterocycles. The molecule has 3 rings (SSSR count). The number of para-hydroxylation sites is 2. The van der Waals surface area contributed by atoms with Crippen LogP contribution in [-0.2, 0) is 6.54 Å². The van der Waals surface area contributed by atoms with Gasteiger partial charge < -0.3 is 9.88 Å². The van der Waals surface area contributed by atoms with Crippen LogP contribution in [0.2, 0.25) is 5.02 Å². The van der Waals surface area contributed by atoms with E-state index in [1.807, 2.05) is 25.1 Å². The van der Waals surface area contributed by atoms with Crippen LogP contribution in [0.25, 0.3) is 11.0 Å². The van der Waals surface area contributed by atoms with Crippen LogP contribution < -0.4 is 5.32 Å².